The standard InChI is InChI=1S/C19H28N2O2/c1-11-16-9-14(19(16,4)5)10-17(11)23-18(22)8-7-15-12(2)20-21(6)13(15)3/h14,16-17H,1,7-10H2,2-6H3/t14-,16+,17+/m1/s1. The van der Waals surface area contributed by atoms with E-state index in [1.807, 2.05) is 25.6 Å². The molecule has 126 valence electrons. The molecule has 0 radical (unpaired) electrons. The summed E-state index contributed by atoms with van der Waals surface area (Å²) in [6, 6.07) is 0. The number of hydrogen-bond acceptors (Lipinski definition) is 3. The lowest BCUT2D eigenvalue weighted by atomic mass is 9.47. The van der Waals surface area contributed by atoms with Gasteiger partial charge in [0.2, 0.25) is 0 Å². The number of rotatable bonds is 4. The van der Waals surface area contributed by atoms with Gasteiger partial charge in [0.25, 0.3) is 0 Å². The number of ether oxygens (including phenoxy) is 1. The second-order valence-corrected chi connectivity index (χ2v) is 7.87. The minimum Gasteiger partial charge on any atom is -0.458 e. The molecule has 2 bridgehead atoms. The summed E-state index contributed by atoms with van der Waals surface area (Å²) in [5, 5.41) is 4.40. The fourth-order valence-electron chi connectivity index (χ4n) is 4.43. The van der Waals surface area contributed by atoms with Gasteiger partial charge in [0, 0.05) is 19.2 Å². The van der Waals surface area contributed by atoms with Crippen molar-refractivity contribution in [2.75, 3.05) is 0 Å². The van der Waals surface area contributed by atoms with Crippen LogP contribution < -0.4 is 0 Å². The fraction of sp³-hybridized carbons (Fsp3) is 0.684. The molecule has 0 amide bonds. The molecule has 0 unspecified atom stereocenters. The van der Waals surface area contributed by atoms with Gasteiger partial charge in [0.05, 0.1) is 5.69 Å². The molecule has 0 N–H and O–H groups in total. The summed E-state index contributed by atoms with van der Waals surface area (Å²) < 4.78 is 7.61. The van der Waals surface area contributed by atoms with E-state index in [0.29, 0.717) is 30.1 Å². The normalized spacial score (nSPS) is 28.4. The zero-order valence-corrected chi connectivity index (χ0v) is 15.0. The molecule has 0 aromatic carbocycles. The van der Waals surface area contributed by atoms with Crippen LogP contribution in [0.25, 0.3) is 0 Å². The predicted molar refractivity (Wildman–Crippen MR) is 90.0 cm³/mol. The summed E-state index contributed by atoms with van der Waals surface area (Å²) in [4.78, 5) is 12.3. The number of esters is 1. The maximum Gasteiger partial charge on any atom is 0.306 e. The lowest BCUT2D eigenvalue weighted by molar-refractivity contribution is -0.156. The largest absolute Gasteiger partial charge is 0.458 e. The molecule has 3 atom stereocenters. The molecule has 1 aromatic heterocycles. The average molecular weight is 316 g/mol. The molecule has 0 spiro atoms. The van der Waals surface area contributed by atoms with E-state index in [2.05, 4.69) is 25.5 Å². The number of aryl methyl sites for hydroxylation is 2. The monoisotopic (exact) mass is 316 g/mol. The second kappa shape index (κ2) is 5.50. The van der Waals surface area contributed by atoms with Crippen molar-refractivity contribution in [2.24, 2.45) is 24.3 Å². The molecule has 4 rings (SSSR count). The first-order valence-electron chi connectivity index (χ1n) is 8.59. The van der Waals surface area contributed by atoms with Crippen LogP contribution in [0.1, 0.15) is 50.1 Å². The summed E-state index contributed by atoms with van der Waals surface area (Å²) in [5.41, 5.74) is 4.75. The molecule has 3 fully saturated rings. The Hall–Kier alpha value is -1.58. The molecule has 0 saturated heterocycles. The van der Waals surface area contributed by atoms with Gasteiger partial charge in [0.15, 0.2) is 0 Å². The highest BCUT2D eigenvalue weighted by atomic mass is 16.5. The van der Waals surface area contributed by atoms with E-state index >= 15 is 0 Å². The molecule has 3 aliphatic carbocycles. The summed E-state index contributed by atoms with van der Waals surface area (Å²) in [7, 11) is 1.93. The Bertz CT molecular complexity index is 657. The summed E-state index contributed by atoms with van der Waals surface area (Å²) in [6.07, 6.45) is 3.19. The van der Waals surface area contributed by atoms with Gasteiger partial charge in [-0.15, -0.1) is 0 Å². The van der Waals surface area contributed by atoms with E-state index in [0.717, 1.165) is 28.9 Å². The first-order valence-corrected chi connectivity index (χ1v) is 8.59. The number of carbonyl (C=O) groups excluding carboxylic acids is 1. The number of hydrogen-bond donors (Lipinski definition) is 0. The third kappa shape index (κ3) is 2.62. The maximum absolute atomic E-state index is 12.3. The van der Waals surface area contributed by atoms with Crippen LogP contribution >= 0.6 is 0 Å². The highest BCUT2D eigenvalue weighted by Gasteiger charge is 2.55. The van der Waals surface area contributed by atoms with Gasteiger partial charge in [-0.25, -0.2) is 0 Å². The van der Waals surface area contributed by atoms with E-state index in [4.69, 9.17) is 4.74 Å². The smallest absolute Gasteiger partial charge is 0.306 e. The van der Waals surface area contributed by atoms with Crippen molar-refractivity contribution in [3.63, 3.8) is 0 Å². The van der Waals surface area contributed by atoms with E-state index < -0.39 is 0 Å². The molecule has 4 heteroatoms. The zero-order valence-electron chi connectivity index (χ0n) is 15.0. The Balaban J connectivity index is 1.56. The number of aromatic nitrogens is 2. The summed E-state index contributed by atoms with van der Waals surface area (Å²) in [5.74, 6) is 1.07. The molecule has 23 heavy (non-hydrogen) atoms. The number of nitrogens with zero attached hydrogens (tertiary/aromatic N) is 2. The van der Waals surface area contributed by atoms with Crippen LogP contribution in [0, 0.1) is 31.1 Å². The fourth-order valence-corrected chi connectivity index (χ4v) is 4.43. The Morgan fingerprint density at radius 1 is 1.39 bits per heavy atom. The van der Waals surface area contributed by atoms with Gasteiger partial charge < -0.3 is 4.74 Å². The summed E-state index contributed by atoms with van der Waals surface area (Å²) in [6.45, 7) is 12.9. The van der Waals surface area contributed by atoms with Crippen LogP contribution in [0.5, 0.6) is 0 Å². The van der Waals surface area contributed by atoms with Crippen molar-refractivity contribution < 1.29 is 9.53 Å². The third-order valence-corrected chi connectivity index (χ3v) is 6.34. The molecule has 3 saturated carbocycles. The van der Waals surface area contributed by atoms with Crippen LogP contribution in [0.4, 0.5) is 0 Å². The first kappa shape index (κ1) is 16.3. The minimum atomic E-state index is -0.113. The van der Waals surface area contributed by atoms with Crippen LogP contribution in [-0.2, 0) is 23.0 Å². The van der Waals surface area contributed by atoms with E-state index in [9.17, 15) is 4.79 Å². The van der Waals surface area contributed by atoms with Gasteiger partial charge >= 0.3 is 5.97 Å². The molecule has 0 aliphatic heterocycles. The van der Waals surface area contributed by atoms with Crippen LogP contribution in [-0.4, -0.2) is 21.9 Å². The van der Waals surface area contributed by atoms with Crippen molar-refractivity contribution in [3.8, 4) is 0 Å². The van der Waals surface area contributed by atoms with E-state index in [1.54, 1.807) is 0 Å². The lowest BCUT2D eigenvalue weighted by Gasteiger charge is -2.59. The van der Waals surface area contributed by atoms with Crippen molar-refractivity contribution in [3.05, 3.63) is 29.1 Å². The van der Waals surface area contributed by atoms with Crippen LogP contribution in [0.2, 0.25) is 0 Å². The van der Waals surface area contributed by atoms with Gasteiger partial charge in [-0.2, -0.15) is 5.10 Å². The molecule has 1 aromatic rings. The molecule has 4 nitrogen and oxygen atoms in total. The number of fused-ring (bicyclic) bond motifs is 2. The van der Waals surface area contributed by atoms with Gasteiger partial charge in [-0.3, -0.25) is 9.48 Å². The highest BCUT2D eigenvalue weighted by molar-refractivity contribution is 5.70. The molecular weight excluding hydrogens is 288 g/mol. The van der Waals surface area contributed by atoms with Gasteiger partial charge in [-0.1, -0.05) is 20.4 Å². The van der Waals surface area contributed by atoms with Gasteiger partial charge in [0.1, 0.15) is 6.10 Å². The molecule has 3 aliphatic rings. The SMILES string of the molecule is C=C1[C@@H](OC(=O)CCc2c(C)nn(C)c2C)C[C@H]2C[C@@H]1C2(C)C. The average Bonchev–Trinajstić information content (AvgIpc) is 2.71. The zero-order chi connectivity index (χ0) is 16.9. The topological polar surface area (TPSA) is 44.1 Å². The van der Waals surface area contributed by atoms with E-state index in [1.165, 1.54) is 6.42 Å². The highest BCUT2D eigenvalue weighted by Crippen LogP contribution is 2.61. The van der Waals surface area contributed by atoms with Crippen LogP contribution in [0.15, 0.2) is 12.2 Å². The van der Waals surface area contributed by atoms with Crippen molar-refractivity contribution in [1.82, 2.24) is 9.78 Å². The van der Waals surface area contributed by atoms with Crippen molar-refractivity contribution in [1.29, 1.82) is 0 Å². The quantitative estimate of drug-likeness (QED) is 0.631. The predicted octanol–water partition coefficient (Wildman–Crippen LogP) is 3.50. The minimum absolute atomic E-state index is 0.0737. The van der Waals surface area contributed by atoms with Crippen molar-refractivity contribution in [2.45, 2.75) is 59.5 Å². The van der Waals surface area contributed by atoms with Crippen molar-refractivity contribution >= 4 is 5.97 Å². The molecule has 1 heterocycles. The molecular formula is C19H28N2O2. The Morgan fingerprint density at radius 3 is 2.61 bits per heavy atom. The number of carbonyl (C=O) groups is 1. The Morgan fingerprint density at radius 2 is 2.09 bits per heavy atom. The lowest BCUT2D eigenvalue weighted by Crippen LogP contribution is -2.54. The van der Waals surface area contributed by atoms with Gasteiger partial charge in [-0.05, 0) is 61.5 Å². The maximum atomic E-state index is 12.3. The second-order valence-electron chi connectivity index (χ2n) is 7.87. The third-order valence-electron chi connectivity index (χ3n) is 6.34. The Kier molecular flexibility index (Phi) is 3.89. The summed E-state index contributed by atoms with van der Waals surface area (Å²) >= 11 is 0. The Labute approximate surface area is 138 Å². The van der Waals surface area contributed by atoms with E-state index in [-0.39, 0.29) is 12.1 Å². The van der Waals surface area contributed by atoms with Crippen LogP contribution in [0.3, 0.4) is 0 Å². The first-order chi connectivity index (χ1) is 10.7.